The molecule has 1 aliphatic rings. The van der Waals surface area contributed by atoms with Crippen molar-refractivity contribution in [2.45, 2.75) is 24.7 Å². The van der Waals surface area contributed by atoms with Gasteiger partial charge in [-0.25, -0.2) is 0 Å². The summed E-state index contributed by atoms with van der Waals surface area (Å²) < 4.78 is 17.3. The van der Waals surface area contributed by atoms with E-state index in [1.54, 1.807) is 36.1 Å². The van der Waals surface area contributed by atoms with Gasteiger partial charge in [0.05, 0.1) is 27.9 Å². The van der Waals surface area contributed by atoms with Gasteiger partial charge in [0.1, 0.15) is 5.41 Å². The van der Waals surface area contributed by atoms with Crippen LogP contribution in [-0.4, -0.2) is 58.7 Å². The largest absolute Gasteiger partial charge is 0.481 e. The van der Waals surface area contributed by atoms with Crippen molar-refractivity contribution in [3.8, 4) is 0 Å². The summed E-state index contributed by atoms with van der Waals surface area (Å²) in [5.41, 5.74) is -0.696. The summed E-state index contributed by atoms with van der Waals surface area (Å²) >= 11 is 0. The molecule has 0 saturated carbocycles. The Kier molecular flexibility index (Phi) is 6.12. The van der Waals surface area contributed by atoms with Crippen LogP contribution in [0.1, 0.15) is 30.1 Å². The molecule has 1 heterocycles. The quantitative estimate of drug-likeness (QED) is 0.842. The number of rotatable bonds is 6. The molecule has 1 amide bonds. The molecule has 2 rings (SSSR count). The summed E-state index contributed by atoms with van der Waals surface area (Å²) in [6, 6.07) is 6.82. The lowest BCUT2D eigenvalue weighted by atomic mass is 9.80. The first-order valence-electron chi connectivity index (χ1n) is 7.94. The first kappa shape index (κ1) is 18.6. The van der Waals surface area contributed by atoms with Crippen molar-refractivity contribution in [3.05, 3.63) is 29.8 Å². The van der Waals surface area contributed by atoms with E-state index in [9.17, 15) is 18.9 Å². The second-order valence-corrected chi connectivity index (χ2v) is 7.69. The van der Waals surface area contributed by atoms with Crippen molar-refractivity contribution < 1.29 is 23.6 Å². The molecule has 6 nitrogen and oxygen atoms in total. The number of amides is 1. The molecule has 1 aromatic rings. The molecule has 0 spiro atoms. The SMILES string of the molecule is CCS(=O)c1ccccc1C(=O)N1CCCC(COC)(C(=O)O)C1. The van der Waals surface area contributed by atoms with E-state index in [0.29, 0.717) is 35.6 Å². The van der Waals surface area contributed by atoms with Crippen LogP contribution in [0.5, 0.6) is 0 Å². The number of ether oxygens (including phenoxy) is 1. The van der Waals surface area contributed by atoms with Gasteiger partial charge in [-0.3, -0.25) is 13.8 Å². The van der Waals surface area contributed by atoms with E-state index < -0.39 is 22.2 Å². The van der Waals surface area contributed by atoms with Crippen LogP contribution in [0.3, 0.4) is 0 Å². The number of benzene rings is 1. The van der Waals surface area contributed by atoms with E-state index in [2.05, 4.69) is 0 Å². The van der Waals surface area contributed by atoms with E-state index in [1.165, 1.54) is 7.11 Å². The van der Waals surface area contributed by atoms with Crippen molar-refractivity contribution in [2.75, 3.05) is 32.6 Å². The number of carboxylic acids is 1. The van der Waals surface area contributed by atoms with Crippen molar-refractivity contribution in [1.82, 2.24) is 4.90 Å². The highest BCUT2D eigenvalue weighted by Gasteiger charge is 2.44. The van der Waals surface area contributed by atoms with Gasteiger partial charge < -0.3 is 14.7 Å². The zero-order valence-electron chi connectivity index (χ0n) is 14.0. The lowest BCUT2D eigenvalue weighted by Gasteiger charge is -2.39. The maximum atomic E-state index is 12.9. The number of carbonyl (C=O) groups is 2. The molecule has 2 atom stereocenters. The number of methoxy groups -OCH3 is 1. The van der Waals surface area contributed by atoms with Crippen LogP contribution in [-0.2, 0) is 20.3 Å². The third-order valence-electron chi connectivity index (χ3n) is 4.36. The summed E-state index contributed by atoms with van der Waals surface area (Å²) in [5.74, 6) is -0.798. The maximum Gasteiger partial charge on any atom is 0.313 e. The van der Waals surface area contributed by atoms with Gasteiger partial charge in [0, 0.05) is 26.0 Å². The molecule has 1 N–H and O–H groups in total. The van der Waals surface area contributed by atoms with Crippen LogP contribution in [0, 0.1) is 5.41 Å². The Hall–Kier alpha value is -1.73. The molecule has 0 aromatic heterocycles. The van der Waals surface area contributed by atoms with Crippen LogP contribution >= 0.6 is 0 Å². The molecule has 2 unspecified atom stereocenters. The van der Waals surface area contributed by atoms with Crippen LogP contribution in [0.15, 0.2) is 29.2 Å². The summed E-state index contributed by atoms with van der Waals surface area (Å²) in [4.78, 5) is 26.7. The third-order valence-corrected chi connectivity index (χ3v) is 5.73. The minimum absolute atomic E-state index is 0.0641. The minimum atomic E-state index is -1.25. The second kappa shape index (κ2) is 7.90. The minimum Gasteiger partial charge on any atom is -0.481 e. The summed E-state index contributed by atoms with van der Waals surface area (Å²) in [5, 5.41) is 9.60. The highest BCUT2D eigenvalue weighted by molar-refractivity contribution is 7.85. The second-order valence-electron chi connectivity index (χ2n) is 5.98. The topological polar surface area (TPSA) is 83.9 Å². The summed E-state index contributed by atoms with van der Waals surface area (Å²) in [7, 11) is 0.217. The van der Waals surface area contributed by atoms with Crippen LogP contribution in [0.4, 0.5) is 0 Å². The summed E-state index contributed by atoms with van der Waals surface area (Å²) in [6.07, 6.45) is 1.07. The number of likely N-dealkylation sites (tertiary alicyclic amines) is 1. The fourth-order valence-corrected chi connectivity index (χ4v) is 4.05. The number of carbonyl (C=O) groups excluding carboxylic acids is 1. The van der Waals surface area contributed by atoms with E-state index in [4.69, 9.17) is 4.74 Å². The van der Waals surface area contributed by atoms with Gasteiger partial charge in [-0.15, -0.1) is 0 Å². The monoisotopic (exact) mass is 353 g/mol. The molecule has 1 aromatic carbocycles. The highest BCUT2D eigenvalue weighted by Crippen LogP contribution is 2.32. The Morgan fingerprint density at radius 3 is 2.71 bits per heavy atom. The standard InChI is InChI=1S/C17H23NO5S/c1-3-24(22)14-8-5-4-7-13(14)15(19)18-10-6-9-17(11-18,12-23-2)16(20)21/h4-5,7-8H,3,6,9-12H2,1-2H3,(H,20,21). The van der Waals surface area contributed by atoms with E-state index in [1.807, 2.05) is 0 Å². The molecular formula is C17H23NO5S. The van der Waals surface area contributed by atoms with Crippen LogP contribution in [0.2, 0.25) is 0 Å². The predicted octanol–water partition coefficient (Wildman–Crippen LogP) is 1.77. The Balaban J connectivity index is 2.30. The van der Waals surface area contributed by atoms with Crippen LogP contribution < -0.4 is 0 Å². The van der Waals surface area contributed by atoms with Crippen molar-refractivity contribution >= 4 is 22.7 Å². The number of piperidine rings is 1. The van der Waals surface area contributed by atoms with Gasteiger partial charge in [0.25, 0.3) is 5.91 Å². The zero-order chi connectivity index (χ0) is 17.7. The number of carboxylic acid groups (broad SMARTS) is 1. The van der Waals surface area contributed by atoms with Crippen LogP contribution in [0.25, 0.3) is 0 Å². The Bertz CT molecular complexity index is 644. The molecule has 0 bridgehead atoms. The molecular weight excluding hydrogens is 330 g/mol. The third kappa shape index (κ3) is 3.67. The number of nitrogens with zero attached hydrogens (tertiary/aromatic N) is 1. The van der Waals surface area contributed by atoms with Gasteiger partial charge in [0.15, 0.2) is 0 Å². The molecule has 1 saturated heterocycles. The average Bonchev–Trinajstić information content (AvgIpc) is 2.60. The molecule has 132 valence electrons. The van der Waals surface area contributed by atoms with E-state index >= 15 is 0 Å². The summed E-state index contributed by atoms with van der Waals surface area (Å²) in [6.45, 7) is 2.45. The maximum absolute atomic E-state index is 12.9. The van der Waals surface area contributed by atoms with Gasteiger partial charge in [0.2, 0.25) is 0 Å². The average molecular weight is 353 g/mol. The first-order valence-corrected chi connectivity index (χ1v) is 9.26. The van der Waals surface area contributed by atoms with Crippen molar-refractivity contribution in [2.24, 2.45) is 5.41 Å². The Morgan fingerprint density at radius 2 is 2.08 bits per heavy atom. The molecule has 0 radical (unpaired) electrons. The van der Waals surface area contributed by atoms with Gasteiger partial charge in [-0.05, 0) is 25.0 Å². The molecule has 24 heavy (non-hydrogen) atoms. The molecule has 1 aliphatic heterocycles. The molecule has 7 heteroatoms. The normalized spacial score (nSPS) is 22.2. The number of aliphatic carboxylic acids is 1. The first-order chi connectivity index (χ1) is 11.4. The van der Waals surface area contributed by atoms with Crippen molar-refractivity contribution in [3.63, 3.8) is 0 Å². The Labute approximate surface area is 144 Å². The fourth-order valence-electron chi connectivity index (χ4n) is 3.10. The number of hydrogen-bond acceptors (Lipinski definition) is 4. The van der Waals surface area contributed by atoms with E-state index in [-0.39, 0.29) is 19.1 Å². The van der Waals surface area contributed by atoms with Gasteiger partial charge >= 0.3 is 5.97 Å². The van der Waals surface area contributed by atoms with Gasteiger partial charge in [-0.2, -0.15) is 0 Å². The zero-order valence-corrected chi connectivity index (χ0v) is 14.8. The fraction of sp³-hybridized carbons (Fsp3) is 0.529. The van der Waals surface area contributed by atoms with Gasteiger partial charge in [-0.1, -0.05) is 19.1 Å². The predicted molar refractivity (Wildman–Crippen MR) is 90.5 cm³/mol. The smallest absolute Gasteiger partial charge is 0.313 e. The molecule has 1 fully saturated rings. The Morgan fingerprint density at radius 1 is 1.38 bits per heavy atom. The molecule has 0 aliphatic carbocycles. The lowest BCUT2D eigenvalue weighted by molar-refractivity contribution is -0.155. The lowest BCUT2D eigenvalue weighted by Crippen LogP contribution is -2.52. The number of hydrogen-bond donors (Lipinski definition) is 1. The highest BCUT2D eigenvalue weighted by atomic mass is 32.2. The van der Waals surface area contributed by atoms with E-state index in [0.717, 1.165) is 0 Å². The van der Waals surface area contributed by atoms with Crippen molar-refractivity contribution in [1.29, 1.82) is 0 Å².